The van der Waals surface area contributed by atoms with E-state index in [1.54, 1.807) is 0 Å². The van der Waals surface area contributed by atoms with Crippen LogP contribution in [0.5, 0.6) is 5.75 Å². The second kappa shape index (κ2) is 6.67. The lowest BCUT2D eigenvalue weighted by molar-refractivity contribution is 0.137. The molecule has 0 saturated carbocycles. The number of imidazole rings is 1. The van der Waals surface area contributed by atoms with Crippen molar-refractivity contribution in [3.05, 3.63) is 24.0 Å². The lowest BCUT2D eigenvalue weighted by Gasteiger charge is -2.34. The van der Waals surface area contributed by atoms with Crippen LogP contribution in [0.4, 0.5) is 0 Å². The summed E-state index contributed by atoms with van der Waals surface area (Å²) in [5.74, 6) is 1.93. The zero-order chi connectivity index (χ0) is 15.5. The van der Waals surface area contributed by atoms with Crippen LogP contribution in [0.2, 0.25) is 0 Å². The molecule has 120 valence electrons. The molecule has 2 aromatic rings. The first-order chi connectivity index (χ1) is 10.7. The summed E-state index contributed by atoms with van der Waals surface area (Å²) >= 11 is 0. The van der Waals surface area contributed by atoms with Crippen LogP contribution in [0.3, 0.4) is 0 Å². The van der Waals surface area contributed by atoms with E-state index in [1.807, 2.05) is 25.1 Å². The number of H-pyrrole nitrogens is 1. The highest BCUT2D eigenvalue weighted by Gasteiger charge is 2.21. The van der Waals surface area contributed by atoms with Gasteiger partial charge in [-0.15, -0.1) is 0 Å². The van der Waals surface area contributed by atoms with Crippen molar-refractivity contribution in [1.29, 1.82) is 0 Å². The van der Waals surface area contributed by atoms with E-state index in [0.717, 1.165) is 29.2 Å². The third-order valence-corrected chi connectivity index (χ3v) is 4.52. The second-order valence-electron chi connectivity index (χ2n) is 6.25. The van der Waals surface area contributed by atoms with Gasteiger partial charge in [0.15, 0.2) is 0 Å². The van der Waals surface area contributed by atoms with E-state index >= 15 is 0 Å². The summed E-state index contributed by atoms with van der Waals surface area (Å²) in [5.41, 5.74) is 2.06. The molecule has 1 N–H and O–H groups in total. The quantitative estimate of drug-likeness (QED) is 0.921. The molecule has 1 aliphatic rings. The number of rotatable bonds is 5. The highest BCUT2D eigenvalue weighted by Crippen LogP contribution is 2.21. The number of nitrogens with one attached hydrogen (secondary N) is 1. The first kappa shape index (κ1) is 15.3. The Hall–Kier alpha value is -1.59. The summed E-state index contributed by atoms with van der Waals surface area (Å²) < 4.78 is 5.55. The lowest BCUT2D eigenvalue weighted by Crippen LogP contribution is -2.41. The van der Waals surface area contributed by atoms with Gasteiger partial charge in [0.05, 0.1) is 24.2 Å². The molecule has 5 heteroatoms. The fourth-order valence-corrected chi connectivity index (χ4v) is 3.17. The minimum Gasteiger partial charge on any atom is -0.494 e. The molecule has 1 aromatic heterocycles. The Morgan fingerprint density at radius 1 is 1.36 bits per heavy atom. The summed E-state index contributed by atoms with van der Waals surface area (Å²) in [6.07, 6.45) is 2.48. The van der Waals surface area contributed by atoms with Crippen LogP contribution in [0, 0.1) is 0 Å². The van der Waals surface area contributed by atoms with Crippen LogP contribution in [0.15, 0.2) is 18.2 Å². The fraction of sp³-hybridized carbons (Fsp3) is 0.588. The molecule has 1 fully saturated rings. The van der Waals surface area contributed by atoms with E-state index in [-0.39, 0.29) is 0 Å². The van der Waals surface area contributed by atoms with Gasteiger partial charge < -0.3 is 14.6 Å². The van der Waals surface area contributed by atoms with Crippen LogP contribution >= 0.6 is 0 Å². The van der Waals surface area contributed by atoms with E-state index in [2.05, 4.69) is 28.9 Å². The molecule has 1 saturated heterocycles. The SMILES string of the molecule is CCOc1ccc2nc(CN(C)C3CCN(C)CC3)[nH]c2c1. The zero-order valence-electron chi connectivity index (χ0n) is 13.8. The fourth-order valence-electron chi connectivity index (χ4n) is 3.17. The van der Waals surface area contributed by atoms with Crippen LogP contribution in [-0.4, -0.2) is 59.6 Å². The van der Waals surface area contributed by atoms with Crippen molar-refractivity contribution in [1.82, 2.24) is 19.8 Å². The van der Waals surface area contributed by atoms with Crippen molar-refractivity contribution < 1.29 is 4.74 Å². The van der Waals surface area contributed by atoms with Gasteiger partial charge in [0.1, 0.15) is 11.6 Å². The summed E-state index contributed by atoms with van der Waals surface area (Å²) in [6.45, 7) is 5.93. The Labute approximate surface area is 132 Å². The van der Waals surface area contributed by atoms with Gasteiger partial charge in [-0.2, -0.15) is 0 Å². The maximum absolute atomic E-state index is 5.55. The number of likely N-dealkylation sites (tertiary alicyclic amines) is 1. The average Bonchev–Trinajstić information content (AvgIpc) is 2.89. The van der Waals surface area contributed by atoms with Gasteiger partial charge in [0.2, 0.25) is 0 Å². The zero-order valence-corrected chi connectivity index (χ0v) is 13.8. The van der Waals surface area contributed by atoms with E-state index in [0.29, 0.717) is 12.6 Å². The van der Waals surface area contributed by atoms with Gasteiger partial charge >= 0.3 is 0 Å². The molecule has 0 radical (unpaired) electrons. The first-order valence-electron chi connectivity index (χ1n) is 8.16. The largest absolute Gasteiger partial charge is 0.494 e. The Morgan fingerprint density at radius 3 is 2.86 bits per heavy atom. The molecule has 0 spiro atoms. The van der Waals surface area contributed by atoms with Crippen LogP contribution < -0.4 is 4.74 Å². The van der Waals surface area contributed by atoms with Crippen LogP contribution in [0.1, 0.15) is 25.6 Å². The van der Waals surface area contributed by atoms with Crippen molar-refractivity contribution >= 4 is 11.0 Å². The van der Waals surface area contributed by atoms with Gasteiger partial charge in [-0.25, -0.2) is 4.98 Å². The minimum atomic E-state index is 0.656. The number of aromatic amines is 1. The third-order valence-electron chi connectivity index (χ3n) is 4.52. The van der Waals surface area contributed by atoms with E-state index in [9.17, 15) is 0 Å². The monoisotopic (exact) mass is 302 g/mol. The standard InChI is InChI=1S/C17H26N4O/c1-4-22-14-5-6-15-16(11-14)19-17(18-15)12-21(3)13-7-9-20(2)10-8-13/h5-6,11,13H,4,7-10,12H2,1-3H3,(H,18,19). The molecular formula is C17H26N4O. The number of piperidine rings is 1. The third kappa shape index (κ3) is 3.42. The van der Waals surface area contributed by atoms with Crippen LogP contribution in [0.25, 0.3) is 11.0 Å². The summed E-state index contributed by atoms with van der Waals surface area (Å²) in [5, 5.41) is 0. The van der Waals surface area contributed by atoms with Crippen molar-refractivity contribution in [2.45, 2.75) is 32.4 Å². The molecule has 0 bridgehead atoms. The second-order valence-corrected chi connectivity index (χ2v) is 6.25. The number of benzene rings is 1. The van der Waals surface area contributed by atoms with Crippen molar-refractivity contribution in [2.24, 2.45) is 0 Å². The minimum absolute atomic E-state index is 0.656. The van der Waals surface area contributed by atoms with Crippen molar-refractivity contribution in [3.8, 4) is 5.75 Å². The van der Waals surface area contributed by atoms with Gasteiger partial charge in [0, 0.05) is 12.1 Å². The number of hydrogen-bond acceptors (Lipinski definition) is 4. The molecule has 22 heavy (non-hydrogen) atoms. The predicted molar refractivity (Wildman–Crippen MR) is 89.2 cm³/mol. The van der Waals surface area contributed by atoms with Crippen molar-refractivity contribution in [3.63, 3.8) is 0 Å². The number of aromatic nitrogens is 2. The molecule has 0 amide bonds. The number of fused-ring (bicyclic) bond motifs is 1. The lowest BCUT2D eigenvalue weighted by atomic mass is 10.0. The topological polar surface area (TPSA) is 44.4 Å². The maximum atomic E-state index is 5.55. The van der Waals surface area contributed by atoms with Crippen LogP contribution in [-0.2, 0) is 6.54 Å². The van der Waals surface area contributed by atoms with E-state index in [4.69, 9.17) is 9.72 Å². The first-order valence-corrected chi connectivity index (χ1v) is 8.16. The smallest absolute Gasteiger partial charge is 0.121 e. The van der Waals surface area contributed by atoms with Gasteiger partial charge in [0.25, 0.3) is 0 Å². The number of nitrogens with zero attached hydrogens (tertiary/aromatic N) is 3. The highest BCUT2D eigenvalue weighted by atomic mass is 16.5. The molecule has 2 heterocycles. The van der Waals surface area contributed by atoms with Gasteiger partial charge in [-0.05, 0) is 59.1 Å². The molecule has 0 atom stereocenters. The Bertz CT molecular complexity index is 616. The normalized spacial score (nSPS) is 17.5. The molecular weight excluding hydrogens is 276 g/mol. The Morgan fingerprint density at radius 2 is 2.14 bits per heavy atom. The maximum Gasteiger partial charge on any atom is 0.121 e. The summed E-state index contributed by atoms with van der Waals surface area (Å²) in [4.78, 5) is 13.0. The molecule has 3 rings (SSSR count). The molecule has 0 unspecified atom stereocenters. The van der Waals surface area contributed by atoms with Gasteiger partial charge in [-0.3, -0.25) is 4.90 Å². The van der Waals surface area contributed by atoms with E-state index < -0.39 is 0 Å². The predicted octanol–water partition coefficient (Wildman–Crippen LogP) is 2.49. The average molecular weight is 302 g/mol. The summed E-state index contributed by atoms with van der Waals surface area (Å²) in [6, 6.07) is 6.70. The van der Waals surface area contributed by atoms with Gasteiger partial charge in [-0.1, -0.05) is 0 Å². The molecule has 5 nitrogen and oxygen atoms in total. The number of ether oxygens (including phenoxy) is 1. The Balaban J connectivity index is 1.68. The highest BCUT2D eigenvalue weighted by molar-refractivity contribution is 5.76. The molecule has 0 aliphatic carbocycles. The summed E-state index contributed by atoms with van der Waals surface area (Å²) in [7, 11) is 4.40. The Kier molecular flexibility index (Phi) is 4.64. The van der Waals surface area contributed by atoms with E-state index in [1.165, 1.54) is 25.9 Å². The molecule has 1 aliphatic heterocycles. The van der Waals surface area contributed by atoms with Crippen molar-refractivity contribution in [2.75, 3.05) is 33.8 Å². The molecule has 1 aromatic carbocycles. The number of hydrogen-bond donors (Lipinski definition) is 1.